The van der Waals surface area contributed by atoms with E-state index < -0.39 is 6.43 Å². The predicted octanol–water partition coefficient (Wildman–Crippen LogP) is 3.32. The molecule has 13 heavy (non-hydrogen) atoms. The van der Waals surface area contributed by atoms with E-state index in [2.05, 4.69) is 4.98 Å². The maximum absolute atomic E-state index is 12.3. The molecule has 0 aliphatic heterocycles. The maximum atomic E-state index is 12.3. The van der Waals surface area contributed by atoms with Gasteiger partial charge in [-0.15, -0.1) is 0 Å². The third-order valence-electron chi connectivity index (χ3n) is 1.80. The first-order chi connectivity index (χ1) is 5.91. The van der Waals surface area contributed by atoms with Gasteiger partial charge in [0.05, 0.1) is 0 Å². The van der Waals surface area contributed by atoms with Crippen LogP contribution in [0.1, 0.15) is 38.5 Å². The van der Waals surface area contributed by atoms with Crippen LogP contribution in [0.25, 0.3) is 0 Å². The molecule has 0 spiro atoms. The standard InChI is InChI=1S/C10H13F2N/c1-10(2,3)8-6-7(9(11)12)4-5-13-8/h4-6,9H,1-3H3. The highest BCUT2D eigenvalue weighted by atomic mass is 19.3. The predicted molar refractivity (Wildman–Crippen MR) is 47.9 cm³/mol. The van der Waals surface area contributed by atoms with Crippen molar-refractivity contribution in [3.8, 4) is 0 Å². The van der Waals surface area contributed by atoms with E-state index >= 15 is 0 Å². The van der Waals surface area contributed by atoms with Gasteiger partial charge in [0.25, 0.3) is 6.43 Å². The van der Waals surface area contributed by atoms with Crippen LogP contribution in [0.4, 0.5) is 8.78 Å². The Balaban J connectivity index is 3.06. The van der Waals surface area contributed by atoms with Crippen molar-refractivity contribution in [3.05, 3.63) is 29.6 Å². The fourth-order valence-electron chi connectivity index (χ4n) is 0.993. The molecule has 0 aliphatic carbocycles. The lowest BCUT2D eigenvalue weighted by Crippen LogP contribution is -2.13. The Kier molecular flexibility index (Phi) is 2.64. The fraction of sp³-hybridized carbons (Fsp3) is 0.500. The highest BCUT2D eigenvalue weighted by Crippen LogP contribution is 2.24. The third kappa shape index (κ3) is 2.47. The summed E-state index contributed by atoms with van der Waals surface area (Å²) in [5.74, 6) is 0. The smallest absolute Gasteiger partial charge is 0.261 e. The van der Waals surface area contributed by atoms with Gasteiger partial charge < -0.3 is 0 Å². The summed E-state index contributed by atoms with van der Waals surface area (Å²) in [7, 11) is 0. The van der Waals surface area contributed by atoms with Gasteiger partial charge in [-0.1, -0.05) is 20.8 Å². The summed E-state index contributed by atoms with van der Waals surface area (Å²) in [5.41, 5.74) is 0.565. The largest absolute Gasteiger partial charge is 0.263 e. The second-order valence-corrected chi connectivity index (χ2v) is 4.03. The minimum atomic E-state index is -2.41. The Bertz CT molecular complexity index is 289. The molecule has 1 rings (SSSR count). The lowest BCUT2D eigenvalue weighted by Gasteiger charge is -2.17. The van der Waals surface area contributed by atoms with E-state index in [1.165, 1.54) is 18.3 Å². The van der Waals surface area contributed by atoms with E-state index in [1.54, 1.807) is 0 Å². The average molecular weight is 185 g/mol. The van der Waals surface area contributed by atoms with E-state index in [0.29, 0.717) is 5.69 Å². The van der Waals surface area contributed by atoms with Gasteiger partial charge in [0.2, 0.25) is 0 Å². The van der Waals surface area contributed by atoms with Crippen molar-refractivity contribution >= 4 is 0 Å². The third-order valence-corrected chi connectivity index (χ3v) is 1.80. The zero-order valence-corrected chi connectivity index (χ0v) is 8.01. The van der Waals surface area contributed by atoms with Crippen LogP contribution in [-0.4, -0.2) is 4.98 Å². The number of pyridine rings is 1. The van der Waals surface area contributed by atoms with Gasteiger partial charge in [0, 0.05) is 22.9 Å². The molecule has 0 bridgehead atoms. The molecule has 0 unspecified atom stereocenters. The van der Waals surface area contributed by atoms with Crippen molar-refractivity contribution in [1.29, 1.82) is 0 Å². The SMILES string of the molecule is CC(C)(C)c1cc(C(F)F)ccn1. The second-order valence-electron chi connectivity index (χ2n) is 4.03. The Hall–Kier alpha value is -0.990. The zero-order chi connectivity index (χ0) is 10.1. The molecule has 0 N–H and O–H groups in total. The van der Waals surface area contributed by atoms with Crippen molar-refractivity contribution < 1.29 is 8.78 Å². The Morgan fingerprint density at radius 1 is 1.31 bits per heavy atom. The summed E-state index contributed by atoms with van der Waals surface area (Å²) < 4.78 is 24.6. The van der Waals surface area contributed by atoms with Crippen molar-refractivity contribution in [1.82, 2.24) is 4.98 Å². The highest BCUT2D eigenvalue weighted by molar-refractivity contribution is 5.22. The van der Waals surface area contributed by atoms with E-state index in [4.69, 9.17) is 0 Å². The first-order valence-electron chi connectivity index (χ1n) is 4.16. The van der Waals surface area contributed by atoms with Crippen LogP contribution in [0.15, 0.2) is 18.3 Å². The molecule has 1 heterocycles. The molecule has 0 aliphatic rings. The molecule has 0 aromatic carbocycles. The molecule has 1 aromatic heterocycles. The second kappa shape index (κ2) is 3.40. The van der Waals surface area contributed by atoms with Gasteiger partial charge in [0.15, 0.2) is 0 Å². The van der Waals surface area contributed by atoms with Gasteiger partial charge in [-0.05, 0) is 12.1 Å². The summed E-state index contributed by atoms with van der Waals surface area (Å²) in [5, 5.41) is 0. The molecule has 0 radical (unpaired) electrons. The number of nitrogens with zero attached hydrogens (tertiary/aromatic N) is 1. The van der Waals surface area contributed by atoms with Gasteiger partial charge in [-0.3, -0.25) is 4.98 Å². The minimum Gasteiger partial charge on any atom is -0.261 e. The summed E-state index contributed by atoms with van der Waals surface area (Å²) in [4.78, 5) is 4.06. The van der Waals surface area contributed by atoms with Crippen LogP contribution >= 0.6 is 0 Å². The normalized spacial score (nSPS) is 12.2. The summed E-state index contributed by atoms with van der Waals surface area (Å²) in [6.45, 7) is 5.85. The number of rotatable bonds is 1. The number of alkyl halides is 2. The molecule has 0 saturated carbocycles. The monoisotopic (exact) mass is 185 g/mol. The molecule has 72 valence electrons. The van der Waals surface area contributed by atoms with Crippen LogP contribution in [0, 0.1) is 0 Å². The molecular weight excluding hydrogens is 172 g/mol. The molecule has 0 fully saturated rings. The van der Waals surface area contributed by atoms with Gasteiger partial charge in [-0.2, -0.15) is 0 Å². The Labute approximate surface area is 76.8 Å². The van der Waals surface area contributed by atoms with Crippen molar-refractivity contribution in [2.24, 2.45) is 0 Å². The summed E-state index contributed by atoms with van der Waals surface area (Å²) in [6, 6.07) is 2.81. The fourth-order valence-corrected chi connectivity index (χ4v) is 0.993. The number of hydrogen-bond acceptors (Lipinski definition) is 1. The molecule has 1 aromatic rings. The van der Waals surface area contributed by atoms with Crippen LogP contribution in [-0.2, 0) is 5.41 Å². The Morgan fingerprint density at radius 2 is 1.92 bits per heavy atom. The molecular formula is C10H13F2N. The molecule has 0 atom stereocenters. The van der Waals surface area contributed by atoms with Crippen LogP contribution in [0.5, 0.6) is 0 Å². The van der Waals surface area contributed by atoms with Crippen LogP contribution in [0.2, 0.25) is 0 Å². The van der Waals surface area contributed by atoms with Crippen LogP contribution in [0.3, 0.4) is 0 Å². The van der Waals surface area contributed by atoms with Gasteiger partial charge >= 0.3 is 0 Å². The molecule has 1 nitrogen and oxygen atoms in total. The van der Waals surface area contributed by atoms with Gasteiger partial charge in [0.1, 0.15) is 0 Å². The van der Waals surface area contributed by atoms with Crippen LogP contribution < -0.4 is 0 Å². The lowest BCUT2D eigenvalue weighted by atomic mass is 9.91. The van der Waals surface area contributed by atoms with E-state index in [0.717, 1.165) is 0 Å². The Morgan fingerprint density at radius 3 is 2.38 bits per heavy atom. The van der Waals surface area contributed by atoms with E-state index in [9.17, 15) is 8.78 Å². The maximum Gasteiger partial charge on any atom is 0.263 e. The first-order valence-corrected chi connectivity index (χ1v) is 4.16. The quantitative estimate of drug-likeness (QED) is 0.654. The first kappa shape index (κ1) is 10.1. The topological polar surface area (TPSA) is 12.9 Å². The minimum absolute atomic E-state index is 0.0416. The van der Waals surface area contributed by atoms with E-state index in [1.807, 2.05) is 20.8 Å². The van der Waals surface area contributed by atoms with Crippen molar-refractivity contribution in [2.45, 2.75) is 32.6 Å². The summed E-state index contributed by atoms with van der Waals surface area (Å²) >= 11 is 0. The van der Waals surface area contributed by atoms with E-state index in [-0.39, 0.29) is 11.0 Å². The highest BCUT2D eigenvalue weighted by Gasteiger charge is 2.17. The molecule has 0 amide bonds. The number of aromatic nitrogens is 1. The summed E-state index contributed by atoms with van der Waals surface area (Å²) in [6.07, 6.45) is -0.980. The average Bonchev–Trinajstić information content (AvgIpc) is 2.03. The molecule has 3 heteroatoms. The van der Waals surface area contributed by atoms with Crippen molar-refractivity contribution in [2.75, 3.05) is 0 Å². The number of halogens is 2. The zero-order valence-electron chi connectivity index (χ0n) is 8.01. The lowest BCUT2D eigenvalue weighted by molar-refractivity contribution is 0.151. The van der Waals surface area contributed by atoms with Gasteiger partial charge in [-0.25, -0.2) is 8.78 Å². The number of hydrogen-bond donors (Lipinski definition) is 0. The van der Waals surface area contributed by atoms with Crippen molar-refractivity contribution in [3.63, 3.8) is 0 Å². The molecule has 0 saturated heterocycles.